The van der Waals surface area contributed by atoms with Gasteiger partial charge in [0.1, 0.15) is 0 Å². The number of rotatable bonds is 5. The number of aromatic amines is 1. The van der Waals surface area contributed by atoms with Crippen molar-refractivity contribution in [1.82, 2.24) is 9.78 Å². The maximum absolute atomic E-state index is 11.5. The smallest absolute Gasteiger partial charge is 0.264 e. The Morgan fingerprint density at radius 1 is 1.22 bits per heavy atom. The molecule has 5 nitrogen and oxygen atoms in total. The Labute approximate surface area is 136 Å². The Kier molecular flexibility index (Phi) is 4.46. The van der Waals surface area contributed by atoms with Crippen LogP contribution in [0.2, 0.25) is 0 Å². The fourth-order valence-electron chi connectivity index (χ4n) is 3.28. The standard InChI is InChI=1S/C18H24N2O3/c1-12-10-18(21)19-20(12)13(2)14-8-9-16(22-3)17(11-14)23-15-6-4-5-7-15/h8-11,13,15H,4-7H2,1-3H3,(H,19,21). The minimum Gasteiger partial charge on any atom is -0.493 e. The van der Waals surface area contributed by atoms with Gasteiger partial charge in [-0.15, -0.1) is 0 Å². The summed E-state index contributed by atoms with van der Waals surface area (Å²) in [5.41, 5.74) is 1.91. The number of hydrogen-bond acceptors (Lipinski definition) is 3. The second-order valence-electron chi connectivity index (χ2n) is 6.24. The summed E-state index contributed by atoms with van der Waals surface area (Å²) in [5, 5.41) is 2.85. The van der Waals surface area contributed by atoms with Crippen LogP contribution in [0.1, 0.15) is 49.9 Å². The third-order valence-corrected chi connectivity index (χ3v) is 4.60. The Balaban J connectivity index is 1.90. The van der Waals surface area contributed by atoms with Gasteiger partial charge in [-0.2, -0.15) is 0 Å². The Morgan fingerprint density at radius 3 is 2.57 bits per heavy atom. The quantitative estimate of drug-likeness (QED) is 0.919. The van der Waals surface area contributed by atoms with Crippen molar-refractivity contribution >= 4 is 0 Å². The highest BCUT2D eigenvalue weighted by atomic mass is 16.5. The summed E-state index contributed by atoms with van der Waals surface area (Å²) in [6, 6.07) is 7.61. The van der Waals surface area contributed by atoms with E-state index in [9.17, 15) is 4.79 Å². The first-order valence-electron chi connectivity index (χ1n) is 8.21. The van der Waals surface area contributed by atoms with Gasteiger partial charge >= 0.3 is 0 Å². The molecule has 5 heteroatoms. The molecule has 1 unspecified atom stereocenters. The van der Waals surface area contributed by atoms with Gasteiger partial charge in [0.05, 0.1) is 19.3 Å². The van der Waals surface area contributed by atoms with Crippen molar-refractivity contribution < 1.29 is 9.47 Å². The van der Waals surface area contributed by atoms with E-state index in [2.05, 4.69) is 12.0 Å². The molecule has 0 bridgehead atoms. The summed E-state index contributed by atoms with van der Waals surface area (Å²) in [7, 11) is 1.66. The van der Waals surface area contributed by atoms with Crippen molar-refractivity contribution in [2.45, 2.75) is 51.7 Å². The number of aromatic nitrogens is 2. The maximum atomic E-state index is 11.5. The lowest BCUT2D eigenvalue weighted by atomic mass is 10.1. The van der Waals surface area contributed by atoms with Crippen LogP contribution < -0.4 is 15.0 Å². The molecule has 1 aromatic carbocycles. The van der Waals surface area contributed by atoms with E-state index in [1.807, 2.05) is 29.8 Å². The second-order valence-corrected chi connectivity index (χ2v) is 6.24. The van der Waals surface area contributed by atoms with E-state index in [1.54, 1.807) is 13.2 Å². The zero-order valence-electron chi connectivity index (χ0n) is 14.0. The van der Waals surface area contributed by atoms with E-state index in [4.69, 9.17) is 9.47 Å². The Bertz CT molecular complexity index is 726. The van der Waals surface area contributed by atoms with Crippen LogP contribution in [0, 0.1) is 6.92 Å². The number of ether oxygens (including phenoxy) is 2. The Hall–Kier alpha value is -2.17. The summed E-state index contributed by atoms with van der Waals surface area (Å²) in [6.07, 6.45) is 4.95. The van der Waals surface area contributed by atoms with Gasteiger partial charge in [-0.05, 0) is 57.2 Å². The van der Waals surface area contributed by atoms with E-state index >= 15 is 0 Å². The van der Waals surface area contributed by atoms with Crippen LogP contribution in [0.3, 0.4) is 0 Å². The average molecular weight is 316 g/mol. The van der Waals surface area contributed by atoms with Gasteiger partial charge in [-0.25, -0.2) is 0 Å². The molecular formula is C18H24N2O3. The molecule has 3 rings (SSSR count). The third kappa shape index (κ3) is 3.28. The molecule has 1 heterocycles. The van der Waals surface area contributed by atoms with Crippen LogP contribution in [-0.2, 0) is 0 Å². The van der Waals surface area contributed by atoms with E-state index in [0.717, 1.165) is 35.6 Å². The topological polar surface area (TPSA) is 56.2 Å². The number of hydrogen-bond donors (Lipinski definition) is 1. The molecule has 23 heavy (non-hydrogen) atoms. The van der Waals surface area contributed by atoms with Crippen molar-refractivity contribution in [1.29, 1.82) is 0 Å². The highest BCUT2D eigenvalue weighted by molar-refractivity contribution is 5.44. The van der Waals surface area contributed by atoms with Crippen LogP contribution in [0.15, 0.2) is 29.1 Å². The maximum Gasteiger partial charge on any atom is 0.264 e. The molecule has 0 spiro atoms. The molecule has 124 valence electrons. The van der Waals surface area contributed by atoms with E-state index in [-0.39, 0.29) is 17.7 Å². The molecule has 1 aliphatic rings. The summed E-state index contributed by atoms with van der Waals surface area (Å²) >= 11 is 0. The predicted octanol–water partition coefficient (Wildman–Crippen LogP) is 3.42. The molecular weight excluding hydrogens is 292 g/mol. The van der Waals surface area contributed by atoms with E-state index < -0.39 is 0 Å². The highest BCUT2D eigenvalue weighted by Gasteiger charge is 2.20. The largest absolute Gasteiger partial charge is 0.493 e. The minimum absolute atomic E-state index is 0.0227. The molecule has 2 aromatic rings. The SMILES string of the molecule is COc1ccc(C(C)n2[nH]c(=O)cc2C)cc1OC1CCCC1. The number of methoxy groups -OCH3 is 1. The summed E-state index contributed by atoms with van der Waals surface area (Å²) < 4.78 is 13.5. The van der Waals surface area contributed by atoms with Crippen molar-refractivity contribution in [2.24, 2.45) is 0 Å². The number of H-pyrrole nitrogens is 1. The lowest BCUT2D eigenvalue weighted by Gasteiger charge is -2.20. The number of nitrogens with zero attached hydrogens (tertiary/aromatic N) is 1. The van der Waals surface area contributed by atoms with Gasteiger partial charge in [-0.1, -0.05) is 6.07 Å². The van der Waals surface area contributed by atoms with Crippen molar-refractivity contribution in [2.75, 3.05) is 7.11 Å². The molecule has 1 atom stereocenters. The third-order valence-electron chi connectivity index (χ3n) is 4.60. The fourth-order valence-corrected chi connectivity index (χ4v) is 3.28. The number of aryl methyl sites for hydroxylation is 1. The number of benzene rings is 1. The normalized spacial score (nSPS) is 16.5. The summed E-state index contributed by atoms with van der Waals surface area (Å²) in [5.74, 6) is 1.54. The Morgan fingerprint density at radius 2 is 1.96 bits per heavy atom. The first-order valence-corrected chi connectivity index (χ1v) is 8.21. The first-order chi connectivity index (χ1) is 11.1. The highest BCUT2D eigenvalue weighted by Crippen LogP contribution is 2.34. The van der Waals surface area contributed by atoms with Gasteiger partial charge in [-0.3, -0.25) is 14.6 Å². The lowest BCUT2D eigenvalue weighted by molar-refractivity contribution is 0.200. The zero-order chi connectivity index (χ0) is 16.4. The average Bonchev–Trinajstić information content (AvgIpc) is 3.16. The molecule has 1 saturated carbocycles. The van der Waals surface area contributed by atoms with Crippen molar-refractivity contribution in [3.8, 4) is 11.5 Å². The van der Waals surface area contributed by atoms with Gasteiger partial charge in [0.15, 0.2) is 11.5 Å². The molecule has 1 N–H and O–H groups in total. The molecule has 0 amide bonds. The fraction of sp³-hybridized carbons (Fsp3) is 0.500. The molecule has 0 aliphatic heterocycles. The van der Waals surface area contributed by atoms with Crippen LogP contribution in [-0.4, -0.2) is 23.0 Å². The zero-order valence-corrected chi connectivity index (χ0v) is 14.0. The van der Waals surface area contributed by atoms with E-state index in [1.165, 1.54) is 12.8 Å². The van der Waals surface area contributed by atoms with Crippen LogP contribution in [0.4, 0.5) is 0 Å². The minimum atomic E-state index is -0.0784. The molecule has 1 fully saturated rings. The van der Waals surface area contributed by atoms with Crippen molar-refractivity contribution in [3.63, 3.8) is 0 Å². The second kappa shape index (κ2) is 6.52. The lowest BCUT2D eigenvalue weighted by Crippen LogP contribution is -2.14. The molecule has 0 saturated heterocycles. The molecule has 1 aromatic heterocycles. The van der Waals surface area contributed by atoms with Gasteiger partial charge in [0.25, 0.3) is 5.56 Å². The van der Waals surface area contributed by atoms with E-state index in [0.29, 0.717) is 0 Å². The monoisotopic (exact) mass is 316 g/mol. The molecule has 1 aliphatic carbocycles. The van der Waals surface area contributed by atoms with Crippen LogP contribution >= 0.6 is 0 Å². The van der Waals surface area contributed by atoms with Gasteiger partial charge in [0.2, 0.25) is 0 Å². The van der Waals surface area contributed by atoms with Crippen molar-refractivity contribution in [3.05, 3.63) is 45.9 Å². The summed E-state index contributed by atoms with van der Waals surface area (Å²) in [6.45, 7) is 3.98. The first kappa shape index (κ1) is 15.7. The van der Waals surface area contributed by atoms with Gasteiger partial charge in [0, 0.05) is 11.8 Å². The molecule has 0 radical (unpaired) electrons. The summed E-state index contributed by atoms with van der Waals surface area (Å²) in [4.78, 5) is 11.5. The number of nitrogens with one attached hydrogen (secondary N) is 1. The van der Waals surface area contributed by atoms with Crippen LogP contribution in [0.25, 0.3) is 0 Å². The van der Waals surface area contributed by atoms with Crippen LogP contribution in [0.5, 0.6) is 11.5 Å². The predicted molar refractivity (Wildman–Crippen MR) is 89.5 cm³/mol. The van der Waals surface area contributed by atoms with Gasteiger partial charge < -0.3 is 9.47 Å².